The minimum absolute atomic E-state index is 0.00900. The second-order valence-corrected chi connectivity index (χ2v) is 4.51. The predicted molar refractivity (Wildman–Crippen MR) is 81.0 cm³/mol. The minimum atomic E-state index is -0.377. The molecule has 2 amide bonds. The van der Waals surface area contributed by atoms with Crippen LogP contribution >= 0.6 is 11.6 Å². The van der Waals surface area contributed by atoms with Crippen LogP contribution in [0.25, 0.3) is 0 Å². The lowest BCUT2D eigenvalue weighted by atomic mass is 10.1. The van der Waals surface area contributed by atoms with Crippen molar-refractivity contribution in [2.45, 2.75) is 13.3 Å². The van der Waals surface area contributed by atoms with Crippen molar-refractivity contribution in [3.05, 3.63) is 34.3 Å². The van der Waals surface area contributed by atoms with Gasteiger partial charge in [-0.05, 0) is 25.1 Å². The van der Waals surface area contributed by atoms with Crippen LogP contribution in [0.4, 0.5) is 0 Å². The number of carbonyl (C=O) groups is 2. The highest BCUT2D eigenvalue weighted by Crippen LogP contribution is 2.17. The Morgan fingerprint density at radius 2 is 2.10 bits per heavy atom. The molecule has 5 nitrogen and oxygen atoms in total. The molecule has 0 heterocycles. The molecule has 1 aromatic carbocycles. The number of benzene rings is 1. The van der Waals surface area contributed by atoms with Crippen LogP contribution in [-0.4, -0.2) is 36.6 Å². The molecular weight excluding hydrogens is 292 g/mol. The van der Waals surface area contributed by atoms with E-state index < -0.39 is 0 Å². The van der Waals surface area contributed by atoms with Gasteiger partial charge in [0.05, 0.1) is 18.2 Å². The van der Waals surface area contributed by atoms with Crippen molar-refractivity contribution in [1.82, 2.24) is 10.6 Å². The first-order valence-electron chi connectivity index (χ1n) is 6.52. The van der Waals surface area contributed by atoms with E-state index in [-0.39, 0.29) is 25.0 Å². The van der Waals surface area contributed by atoms with Gasteiger partial charge in [0.1, 0.15) is 0 Å². The van der Waals surface area contributed by atoms with E-state index in [1.807, 2.05) is 0 Å². The van der Waals surface area contributed by atoms with Crippen molar-refractivity contribution in [3.63, 3.8) is 0 Å². The molecule has 0 fully saturated rings. The highest BCUT2D eigenvalue weighted by molar-refractivity contribution is 6.32. The maximum absolute atomic E-state index is 11.9. The maximum atomic E-state index is 11.9. The number of rotatable bonds is 5. The fourth-order valence-corrected chi connectivity index (χ4v) is 1.72. The number of hydrogen-bond donors (Lipinski definition) is 3. The van der Waals surface area contributed by atoms with Gasteiger partial charge in [-0.3, -0.25) is 9.59 Å². The monoisotopic (exact) mass is 308 g/mol. The third kappa shape index (κ3) is 5.86. The average molecular weight is 309 g/mol. The highest BCUT2D eigenvalue weighted by atomic mass is 35.5. The van der Waals surface area contributed by atoms with Crippen molar-refractivity contribution in [1.29, 1.82) is 0 Å². The Morgan fingerprint density at radius 1 is 1.33 bits per heavy atom. The SMILES string of the molecule is CCNC(=O)CNC(=O)c1ccc(C#CCCO)c(Cl)c1. The molecule has 0 radical (unpaired) electrons. The normalized spacial score (nSPS) is 9.48. The van der Waals surface area contributed by atoms with E-state index in [0.29, 0.717) is 29.1 Å². The van der Waals surface area contributed by atoms with Crippen molar-refractivity contribution >= 4 is 23.4 Å². The van der Waals surface area contributed by atoms with Gasteiger partial charge in [0.2, 0.25) is 5.91 Å². The zero-order chi connectivity index (χ0) is 15.7. The summed E-state index contributed by atoms with van der Waals surface area (Å²) in [7, 11) is 0. The Balaban J connectivity index is 2.68. The highest BCUT2D eigenvalue weighted by Gasteiger charge is 2.09. The zero-order valence-electron chi connectivity index (χ0n) is 11.7. The van der Waals surface area contributed by atoms with Crippen LogP contribution in [0.1, 0.15) is 29.3 Å². The second-order valence-electron chi connectivity index (χ2n) is 4.11. The summed E-state index contributed by atoms with van der Waals surface area (Å²) in [6.07, 6.45) is 0.366. The third-order valence-corrected chi connectivity index (χ3v) is 2.79. The number of aliphatic hydroxyl groups is 1. The molecule has 0 aliphatic rings. The smallest absolute Gasteiger partial charge is 0.251 e. The van der Waals surface area contributed by atoms with Gasteiger partial charge in [0.15, 0.2) is 0 Å². The number of amides is 2. The predicted octanol–water partition coefficient (Wildman–Crippen LogP) is 0.940. The molecule has 112 valence electrons. The van der Waals surface area contributed by atoms with Crippen LogP contribution in [0.2, 0.25) is 5.02 Å². The van der Waals surface area contributed by atoms with Crippen LogP contribution in [0.3, 0.4) is 0 Å². The lowest BCUT2D eigenvalue weighted by Gasteiger charge is -2.06. The number of halogens is 1. The van der Waals surface area contributed by atoms with Crippen molar-refractivity contribution in [3.8, 4) is 11.8 Å². The van der Waals surface area contributed by atoms with E-state index in [1.54, 1.807) is 19.1 Å². The van der Waals surface area contributed by atoms with Crippen LogP contribution in [0.15, 0.2) is 18.2 Å². The summed E-state index contributed by atoms with van der Waals surface area (Å²) >= 11 is 6.04. The molecule has 0 unspecified atom stereocenters. The summed E-state index contributed by atoms with van der Waals surface area (Å²) in [6, 6.07) is 4.72. The quantitative estimate of drug-likeness (QED) is 0.708. The molecule has 0 saturated heterocycles. The number of likely N-dealkylation sites (N-methyl/N-ethyl adjacent to an activating group) is 1. The van der Waals surface area contributed by atoms with Gasteiger partial charge in [-0.15, -0.1) is 0 Å². The molecule has 0 atom stereocenters. The molecule has 0 aliphatic carbocycles. The maximum Gasteiger partial charge on any atom is 0.251 e. The van der Waals surface area contributed by atoms with E-state index >= 15 is 0 Å². The summed E-state index contributed by atoms with van der Waals surface area (Å²) < 4.78 is 0. The summed E-state index contributed by atoms with van der Waals surface area (Å²) in [5, 5.41) is 14.1. The fraction of sp³-hybridized carbons (Fsp3) is 0.333. The molecular formula is C15H17ClN2O3. The van der Waals surface area contributed by atoms with Gasteiger partial charge in [-0.1, -0.05) is 23.4 Å². The first-order valence-corrected chi connectivity index (χ1v) is 6.90. The third-order valence-electron chi connectivity index (χ3n) is 2.47. The van der Waals surface area contributed by atoms with E-state index in [0.717, 1.165) is 0 Å². The summed E-state index contributed by atoms with van der Waals surface area (Å²) in [4.78, 5) is 23.1. The zero-order valence-corrected chi connectivity index (χ0v) is 12.5. The summed E-state index contributed by atoms with van der Waals surface area (Å²) in [5.41, 5.74) is 0.947. The number of carbonyl (C=O) groups excluding carboxylic acids is 2. The van der Waals surface area contributed by atoms with Crippen LogP contribution in [0, 0.1) is 11.8 Å². The number of hydrogen-bond acceptors (Lipinski definition) is 3. The van der Waals surface area contributed by atoms with Crippen LogP contribution in [0.5, 0.6) is 0 Å². The minimum Gasteiger partial charge on any atom is -0.395 e. The van der Waals surface area contributed by atoms with E-state index in [1.165, 1.54) is 6.07 Å². The standard InChI is InChI=1S/C15H17ClN2O3/c1-2-17-14(20)10-18-15(21)12-7-6-11(13(16)9-12)5-3-4-8-19/h6-7,9,19H,2,4,8,10H2,1H3,(H,17,20)(H,18,21). The van der Waals surface area contributed by atoms with Gasteiger partial charge in [-0.2, -0.15) is 0 Å². The summed E-state index contributed by atoms with van der Waals surface area (Å²) in [6.45, 7) is 2.23. The topological polar surface area (TPSA) is 78.4 Å². The van der Waals surface area contributed by atoms with Crippen molar-refractivity contribution in [2.24, 2.45) is 0 Å². The van der Waals surface area contributed by atoms with E-state index in [2.05, 4.69) is 22.5 Å². The Bertz CT molecular complexity index is 576. The Labute approximate surface area is 128 Å². The van der Waals surface area contributed by atoms with Crippen molar-refractivity contribution in [2.75, 3.05) is 19.7 Å². The molecule has 0 bridgehead atoms. The Hall–Kier alpha value is -2.03. The van der Waals surface area contributed by atoms with E-state index in [9.17, 15) is 9.59 Å². The molecule has 0 aromatic heterocycles. The largest absolute Gasteiger partial charge is 0.395 e. The summed E-state index contributed by atoms with van der Waals surface area (Å²) in [5.74, 6) is 4.94. The van der Waals surface area contributed by atoms with Gasteiger partial charge in [-0.25, -0.2) is 0 Å². The van der Waals surface area contributed by atoms with Crippen LogP contribution in [-0.2, 0) is 4.79 Å². The Morgan fingerprint density at radius 3 is 2.71 bits per heavy atom. The molecule has 3 N–H and O–H groups in total. The average Bonchev–Trinajstić information content (AvgIpc) is 2.47. The van der Waals surface area contributed by atoms with Gasteiger partial charge >= 0.3 is 0 Å². The second kappa shape index (κ2) is 9.01. The molecule has 0 aliphatic heterocycles. The van der Waals surface area contributed by atoms with Gasteiger partial charge in [0, 0.05) is 24.1 Å². The Kier molecular flexibility index (Phi) is 7.30. The molecule has 0 saturated carbocycles. The van der Waals surface area contributed by atoms with Gasteiger partial charge < -0.3 is 15.7 Å². The molecule has 1 aromatic rings. The molecule has 6 heteroatoms. The van der Waals surface area contributed by atoms with Crippen molar-refractivity contribution < 1.29 is 14.7 Å². The molecule has 21 heavy (non-hydrogen) atoms. The lowest BCUT2D eigenvalue weighted by Crippen LogP contribution is -2.36. The first-order chi connectivity index (χ1) is 10.1. The van der Waals surface area contributed by atoms with E-state index in [4.69, 9.17) is 16.7 Å². The lowest BCUT2D eigenvalue weighted by molar-refractivity contribution is -0.120. The number of aliphatic hydroxyl groups excluding tert-OH is 1. The molecule has 1 rings (SSSR count). The van der Waals surface area contributed by atoms with Crippen LogP contribution < -0.4 is 10.6 Å². The molecule has 0 spiro atoms. The number of nitrogens with one attached hydrogen (secondary N) is 2. The fourth-order valence-electron chi connectivity index (χ4n) is 1.49. The van der Waals surface area contributed by atoms with Gasteiger partial charge in [0.25, 0.3) is 5.91 Å². The first kappa shape index (κ1) is 17.0.